The van der Waals surface area contributed by atoms with Gasteiger partial charge in [-0.05, 0) is 32.1 Å². The molecular weight excluding hydrogens is 250 g/mol. The summed E-state index contributed by atoms with van der Waals surface area (Å²) in [7, 11) is 0. The zero-order valence-corrected chi connectivity index (χ0v) is 12.8. The van der Waals surface area contributed by atoms with Crippen LogP contribution < -0.4 is 10.1 Å². The van der Waals surface area contributed by atoms with E-state index in [2.05, 4.69) is 22.2 Å². The van der Waals surface area contributed by atoms with E-state index in [1.807, 2.05) is 13.0 Å². The molecule has 20 heavy (non-hydrogen) atoms. The SMILES string of the molecule is CCCOc1cc(C)nc(NCCCC2CCCC2)n1. The normalized spacial score (nSPS) is 15.5. The van der Waals surface area contributed by atoms with E-state index in [1.54, 1.807) is 0 Å². The van der Waals surface area contributed by atoms with E-state index in [9.17, 15) is 0 Å². The molecule has 0 spiro atoms. The van der Waals surface area contributed by atoms with Gasteiger partial charge in [0.05, 0.1) is 6.61 Å². The number of hydrogen-bond acceptors (Lipinski definition) is 4. The van der Waals surface area contributed by atoms with Gasteiger partial charge in [0.1, 0.15) is 0 Å². The quantitative estimate of drug-likeness (QED) is 0.731. The molecule has 0 atom stereocenters. The largest absolute Gasteiger partial charge is 0.478 e. The summed E-state index contributed by atoms with van der Waals surface area (Å²) >= 11 is 0. The Balaban J connectivity index is 1.74. The standard InChI is InChI=1S/C16H27N3O/c1-3-11-20-15-12-13(2)18-16(19-15)17-10-6-9-14-7-4-5-8-14/h12,14H,3-11H2,1-2H3,(H,17,18,19). The van der Waals surface area contributed by atoms with Crippen molar-refractivity contribution in [3.8, 4) is 5.88 Å². The lowest BCUT2D eigenvalue weighted by atomic mass is 10.0. The summed E-state index contributed by atoms with van der Waals surface area (Å²) in [5, 5.41) is 3.32. The summed E-state index contributed by atoms with van der Waals surface area (Å²) < 4.78 is 5.57. The first-order valence-corrected chi connectivity index (χ1v) is 8.00. The second kappa shape index (κ2) is 8.08. The Hall–Kier alpha value is -1.32. The fourth-order valence-corrected chi connectivity index (χ4v) is 2.79. The number of nitrogens with one attached hydrogen (secondary N) is 1. The molecule has 1 saturated carbocycles. The molecule has 4 heteroatoms. The molecule has 0 amide bonds. The van der Waals surface area contributed by atoms with Gasteiger partial charge in [-0.15, -0.1) is 0 Å². The molecule has 2 rings (SSSR count). The summed E-state index contributed by atoms with van der Waals surface area (Å²) in [4.78, 5) is 8.81. The van der Waals surface area contributed by atoms with Crippen LogP contribution in [0.3, 0.4) is 0 Å². The van der Waals surface area contributed by atoms with Gasteiger partial charge < -0.3 is 10.1 Å². The molecule has 1 fully saturated rings. The van der Waals surface area contributed by atoms with Crippen molar-refractivity contribution in [2.75, 3.05) is 18.5 Å². The van der Waals surface area contributed by atoms with Gasteiger partial charge in [-0.25, -0.2) is 4.98 Å². The Labute approximate surface area is 122 Å². The Morgan fingerprint density at radius 2 is 2.10 bits per heavy atom. The van der Waals surface area contributed by atoms with Gasteiger partial charge in [-0.2, -0.15) is 4.98 Å². The fraction of sp³-hybridized carbons (Fsp3) is 0.750. The first-order chi connectivity index (χ1) is 9.78. The molecule has 0 unspecified atom stereocenters. The number of rotatable bonds is 8. The molecule has 1 heterocycles. The lowest BCUT2D eigenvalue weighted by Gasteiger charge is -2.10. The maximum Gasteiger partial charge on any atom is 0.226 e. The van der Waals surface area contributed by atoms with E-state index in [0.29, 0.717) is 18.4 Å². The van der Waals surface area contributed by atoms with Crippen molar-refractivity contribution >= 4 is 5.95 Å². The molecule has 4 nitrogen and oxygen atoms in total. The van der Waals surface area contributed by atoms with Crippen molar-refractivity contribution in [1.82, 2.24) is 9.97 Å². The van der Waals surface area contributed by atoms with E-state index < -0.39 is 0 Å². The third-order valence-electron chi connectivity index (χ3n) is 3.83. The van der Waals surface area contributed by atoms with Crippen LogP contribution in [0, 0.1) is 12.8 Å². The monoisotopic (exact) mass is 277 g/mol. The Morgan fingerprint density at radius 3 is 2.85 bits per heavy atom. The second-order valence-electron chi connectivity index (χ2n) is 5.74. The first kappa shape index (κ1) is 15.1. The predicted molar refractivity (Wildman–Crippen MR) is 82.2 cm³/mol. The predicted octanol–water partition coefficient (Wildman–Crippen LogP) is 3.96. The molecule has 1 aromatic rings. The zero-order chi connectivity index (χ0) is 14.2. The minimum atomic E-state index is 0.678. The molecule has 0 saturated heterocycles. The molecule has 1 aliphatic rings. The molecule has 0 aromatic carbocycles. The summed E-state index contributed by atoms with van der Waals surface area (Å²) in [6.45, 7) is 5.73. The summed E-state index contributed by atoms with van der Waals surface area (Å²) in [6.07, 6.45) is 9.23. The highest BCUT2D eigenvalue weighted by Gasteiger charge is 2.14. The number of aryl methyl sites for hydroxylation is 1. The van der Waals surface area contributed by atoms with Gasteiger partial charge >= 0.3 is 0 Å². The lowest BCUT2D eigenvalue weighted by Crippen LogP contribution is -2.09. The summed E-state index contributed by atoms with van der Waals surface area (Å²) in [6, 6.07) is 1.89. The van der Waals surface area contributed by atoms with Crippen LogP contribution >= 0.6 is 0 Å². The summed E-state index contributed by atoms with van der Waals surface area (Å²) in [5.74, 6) is 2.33. The molecule has 0 bridgehead atoms. The Bertz CT molecular complexity index is 403. The molecular formula is C16H27N3O. The van der Waals surface area contributed by atoms with Crippen molar-refractivity contribution in [3.63, 3.8) is 0 Å². The van der Waals surface area contributed by atoms with Crippen LogP contribution in [0.1, 0.15) is 57.6 Å². The van der Waals surface area contributed by atoms with Crippen molar-refractivity contribution < 1.29 is 4.74 Å². The number of ether oxygens (including phenoxy) is 1. The molecule has 1 N–H and O–H groups in total. The molecule has 0 aliphatic heterocycles. The van der Waals surface area contributed by atoms with E-state index >= 15 is 0 Å². The van der Waals surface area contributed by atoms with Gasteiger partial charge in [0.2, 0.25) is 11.8 Å². The van der Waals surface area contributed by atoms with Gasteiger partial charge in [0.15, 0.2) is 0 Å². The van der Waals surface area contributed by atoms with Crippen molar-refractivity contribution in [3.05, 3.63) is 11.8 Å². The number of aromatic nitrogens is 2. The highest BCUT2D eigenvalue weighted by molar-refractivity contribution is 5.30. The Morgan fingerprint density at radius 1 is 1.30 bits per heavy atom. The van der Waals surface area contributed by atoms with Crippen LogP contribution in [-0.2, 0) is 0 Å². The highest BCUT2D eigenvalue weighted by Crippen LogP contribution is 2.28. The first-order valence-electron chi connectivity index (χ1n) is 8.00. The van der Waals surface area contributed by atoms with Crippen LogP contribution in [-0.4, -0.2) is 23.1 Å². The van der Waals surface area contributed by atoms with Crippen LogP contribution in [0.5, 0.6) is 5.88 Å². The number of hydrogen-bond donors (Lipinski definition) is 1. The topological polar surface area (TPSA) is 47.0 Å². The van der Waals surface area contributed by atoms with Gasteiger partial charge in [0.25, 0.3) is 0 Å². The highest BCUT2D eigenvalue weighted by atomic mass is 16.5. The average molecular weight is 277 g/mol. The average Bonchev–Trinajstić information content (AvgIpc) is 2.94. The zero-order valence-electron chi connectivity index (χ0n) is 12.8. The minimum Gasteiger partial charge on any atom is -0.478 e. The van der Waals surface area contributed by atoms with Gasteiger partial charge in [-0.3, -0.25) is 0 Å². The van der Waals surface area contributed by atoms with Crippen molar-refractivity contribution in [2.24, 2.45) is 5.92 Å². The Kier molecular flexibility index (Phi) is 6.09. The molecule has 1 aliphatic carbocycles. The van der Waals surface area contributed by atoms with Crippen LogP contribution in [0.2, 0.25) is 0 Å². The van der Waals surface area contributed by atoms with E-state index in [1.165, 1.54) is 38.5 Å². The number of nitrogens with zero attached hydrogens (tertiary/aromatic N) is 2. The molecule has 0 radical (unpaired) electrons. The fourth-order valence-electron chi connectivity index (χ4n) is 2.79. The van der Waals surface area contributed by atoms with Crippen molar-refractivity contribution in [1.29, 1.82) is 0 Å². The maximum atomic E-state index is 5.57. The second-order valence-corrected chi connectivity index (χ2v) is 5.74. The third-order valence-corrected chi connectivity index (χ3v) is 3.83. The van der Waals surface area contributed by atoms with Gasteiger partial charge in [0, 0.05) is 18.3 Å². The van der Waals surface area contributed by atoms with Crippen molar-refractivity contribution in [2.45, 2.75) is 58.8 Å². The van der Waals surface area contributed by atoms with Crippen LogP contribution in [0.25, 0.3) is 0 Å². The third kappa shape index (κ3) is 4.99. The van der Waals surface area contributed by atoms with Crippen LogP contribution in [0.4, 0.5) is 5.95 Å². The minimum absolute atomic E-state index is 0.678. The van der Waals surface area contributed by atoms with E-state index in [4.69, 9.17) is 4.74 Å². The van der Waals surface area contributed by atoms with E-state index in [0.717, 1.165) is 24.6 Å². The molecule has 1 aromatic heterocycles. The lowest BCUT2D eigenvalue weighted by molar-refractivity contribution is 0.305. The smallest absolute Gasteiger partial charge is 0.226 e. The van der Waals surface area contributed by atoms with Gasteiger partial charge in [-0.1, -0.05) is 32.6 Å². The van der Waals surface area contributed by atoms with E-state index in [-0.39, 0.29) is 0 Å². The maximum absolute atomic E-state index is 5.57. The summed E-state index contributed by atoms with van der Waals surface area (Å²) in [5.41, 5.74) is 0.949. The number of anilines is 1. The molecule has 112 valence electrons. The van der Waals surface area contributed by atoms with Crippen LogP contribution in [0.15, 0.2) is 6.07 Å².